The summed E-state index contributed by atoms with van der Waals surface area (Å²) in [5.41, 5.74) is 2.96. The summed E-state index contributed by atoms with van der Waals surface area (Å²) in [7, 11) is 0. The van der Waals surface area contributed by atoms with Crippen molar-refractivity contribution in [3.05, 3.63) is 35.4 Å². The Labute approximate surface area is 130 Å². The van der Waals surface area contributed by atoms with Crippen LogP contribution in [0.4, 0.5) is 0 Å². The number of benzene rings is 1. The Kier molecular flexibility index (Phi) is 6.25. The van der Waals surface area contributed by atoms with E-state index in [9.17, 15) is 0 Å². The van der Waals surface area contributed by atoms with E-state index in [-0.39, 0.29) is 0 Å². The SMILES string of the molecule is CCCNCc1ccccc1CN1CC(C)CC(C)C1C. The van der Waals surface area contributed by atoms with Crippen molar-refractivity contribution in [3.63, 3.8) is 0 Å². The molecule has 0 radical (unpaired) electrons. The van der Waals surface area contributed by atoms with Crippen molar-refractivity contribution in [3.8, 4) is 0 Å². The molecule has 1 N–H and O–H groups in total. The van der Waals surface area contributed by atoms with Crippen LogP contribution in [-0.4, -0.2) is 24.0 Å². The number of nitrogens with one attached hydrogen (secondary N) is 1. The molecule has 0 aliphatic carbocycles. The molecule has 0 amide bonds. The monoisotopic (exact) mass is 288 g/mol. The second kappa shape index (κ2) is 7.95. The zero-order valence-electron chi connectivity index (χ0n) is 14.2. The average Bonchev–Trinajstić information content (AvgIpc) is 2.46. The molecule has 21 heavy (non-hydrogen) atoms. The number of hydrogen-bond donors (Lipinski definition) is 1. The standard InChI is InChI=1S/C19H32N2/c1-5-10-20-12-18-8-6-7-9-19(18)14-21-13-15(2)11-16(3)17(21)4/h6-9,15-17,20H,5,10-14H2,1-4H3. The van der Waals surface area contributed by atoms with Crippen LogP contribution in [0.15, 0.2) is 24.3 Å². The highest BCUT2D eigenvalue weighted by Crippen LogP contribution is 2.28. The predicted molar refractivity (Wildman–Crippen MR) is 91.3 cm³/mol. The minimum absolute atomic E-state index is 0.692. The lowest BCUT2D eigenvalue weighted by molar-refractivity contribution is 0.0727. The summed E-state index contributed by atoms with van der Waals surface area (Å²) in [6.07, 6.45) is 2.57. The van der Waals surface area contributed by atoms with E-state index in [1.54, 1.807) is 0 Å². The van der Waals surface area contributed by atoms with Crippen LogP contribution >= 0.6 is 0 Å². The molecule has 2 nitrogen and oxygen atoms in total. The zero-order valence-corrected chi connectivity index (χ0v) is 14.2. The van der Waals surface area contributed by atoms with Crippen molar-refractivity contribution >= 4 is 0 Å². The third kappa shape index (κ3) is 4.55. The van der Waals surface area contributed by atoms with Crippen LogP contribution in [0.1, 0.15) is 51.7 Å². The second-order valence-electron chi connectivity index (χ2n) is 6.93. The molecular weight excluding hydrogens is 256 g/mol. The highest BCUT2D eigenvalue weighted by Gasteiger charge is 2.28. The van der Waals surface area contributed by atoms with Crippen molar-refractivity contribution < 1.29 is 0 Å². The smallest absolute Gasteiger partial charge is 0.0240 e. The van der Waals surface area contributed by atoms with Crippen LogP contribution in [0.2, 0.25) is 0 Å². The lowest BCUT2D eigenvalue weighted by atomic mass is 9.85. The Morgan fingerprint density at radius 2 is 1.86 bits per heavy atom. The molecule has 0 bridgehead atoms. The molecule has 0 aromatic heterocycles. The van der Waals surface area contributed by atoms with Gasteiger partial charge in [-0.05, 0) is 49.3 Å². The Morgan fingerprint density at radius 1 is 1.14 bits per heavy atom. The largest absolute Gasteiger partial charge is 0.313 e. The first kappa shape index (κ1) is 16.5. The van der Waals surface area contributed by atoms with Gasteiger partial charge >= 0.3 is 0 Å². The summed E-state index contributed by atoms with van der Waals surface area (Å²) in [5, 5.41) is 3.54. The average molecular weight is 288 g/mol. The van der Waals surface area contributed by atoms with Gasteiger partial charge in [0.1, 0.15) is 0 Å². The molecule has 2 heteroatoms. The molecule has 0 saturated carbocycles. The van der Waals surface area contributed by atoms with Crippen LogP contribution in [0.25, 0.3) is 0 Å². The summed E-state index contributed by atoms with van der Waals surface area (Å²) in [6, 6.07) is 9.62. The number of likely N-dealkylation sites (tertiary alicyclic amines) is 1. The van der Waals surface area contributed by atoms with Gasteiger partial charge in [-0.25, -0.2) is 0 Å². The molecule has 1 aliphatic rings. The molecule has 1 saturated heterocycles. The number of piperidine rings is 1. The van der Waals surface area contributed by atoms with Crippen molar-refractivity contribution in [1.29, 1.82) is 0 Å². The third-order valence-corrected chi connectivity index (χ3v) is 4.95. The van der Waals surface area contributed by atoms with E-state index in [2.05, 4.69) is 62.2 Å². The van der Waals surface area contributed by atoms with Gasteiger partial charge in [-0.15, -0.1) is 0 Å². The molecular formula is C19H32N2. The van der Waals surface area contributed by atoms with E-state index in [1.165, 1.54) is 30.5 Å². The lowest BCUT2D eigenvalue weighted by Crippen LogP contribution is -2.45. The first-order valence-corrected chi connectivity index (χ1v) is 8.63. The number of hydrogen-bond acceptors (Lipinski definition) is 2. The maximum atomic E-state index is 3.54. The third-order valence-electron chi connectivity index (χ3n) is 4.95. The Bertz CT molecular complexity index is 429. The van der Waals surface area contributed by atoms with Gasteiger partial charge in [0.25, 0.3) is 0 Å². The molecule has 3 unspecified atom stereocenters. The Morgan fingerprint density at radius 3 is 2.57 bits per heavy atom. The molecule has 3 atom stereocenters. The normalized spacial score (nSPS) is 27.0. The van der Waals surface area contributed by atoms with Gasteiger partial charge in [0.2, 0.25) is 0 Å². The quantitative estimate of drug-likeness (QED) is 0.794. The minimum atomic E-state index is 0.692. The predicted octanol–water partition coefficient (Wildman–Crippen LogP) is 4.05. The van der Waals surface area contributed by atoms with Crippen molar-refractivity contribution in [2.75, 3.05) is 13.1 Å². The molecule has 0 spiro atoms. The van der Waals surface area contributed by atoms with Crippen molar-refractivity contribution in [1.82, 2.24) is 10.2 Å². The summed E-state index contributed by atoms with van der Waals surface area (Å²) in [6.45, 7) is 13.8. The second-order valence-corrected chi connectivity index (χ2v) is 6.93. The molecule has 2 rings (SSSR count). The van der Waals surface area contributed by atoms with Crippen molar-refractivity contribution in [2.45, 2.75) is 59.7 Å². The van der Waals surface area contributed by atoms with Crippen LogP contribution < -0.4 is 5.32 Å². The van der Waals surface area contributed by atoms with Crippen LogP contribution in [0, 0.1) is 11.8 Å². The van der Waals surface area contributed by atoms with E-state index in [0.29, 0.717) is 6.04 Å². The lowest BCUT2D eigenvalue weighted by Gasteiger charge is -2.41. The van der Waals surface area contributed by atoms with Gasteiger partial charge < -0.3 is 5.32 Å². The van der Waals surface area contributed by atoms with E-state index in [0.717, 1.165) is 31.5 Å². The van der Waals surface area contributed by atoms with Gasteiger partial charge in [0.05, 0.1) is 0 Å². The molecule has 1 fully saturated rings. The topological polar surface area (TPSA) is 15.3 Å². The molecule has 1 aromatic carbocycles. The molecule has 118 valence electrons. The van der Waals surface area contributed by atoms with E-state index < -0.39 is 0 Å². The van der Waals surface area contributed by atoms with Gasteiger partial charge in [-0.2, -0.15) is 0 Å². The zero-order chi connectivity index (χ0) is 15.2. The van der Waals surface area contributed by atoms with E-state index in [1.807, 2.05) is 0 Å². The fraction of sp³-hybridized carbons (Fsp3) is 0.684. The summed E-state index contributed by atoms with van der Waals surface area (Å²) in [5.74, 6) is 1.63. The first-order valence-electron chi connectivity index (χ1n) is 8.63. The summed E-state index contributed by atoms with van der Waals surface area (Å²) >= 11 is 0. The highest BCUT2D eigenvalue weighted by atomic mass is 15.2. The first-order chi connectivity index (χ1) is 10.1. The molecule has 1 heterocycles. The van der Waals surface area contributed by atoms with Gasteiger partial charge in [0.15, 0.2) is 0 Å². The maximum Gasteiger partial charge on any atom is 0.0240 e. The Hall–Kier alpha value is -0.860. The minimum Gasteiger partial charge on any atom is -0.313 e. The summed E-state index contributed by atoms with van der Waals surface area (Å²) in [4.78, 5) is 2.68. The fourth-order valence-electron chi connectivity index (χ4n) is 3.54. The van der Waals surface area contributed by atoms with E-state index in [4.69, 9.17) is 0 Å². The molecule has 1 aliphatic heterocycles. The van der Waals surface area contributed by atoms with Crippen molar-refractivity contribution in [2.24, 2.45) is 11.8 Å². The number of nitrogens with zero attached hydrogens (tertiary/aromatic N) is 1. The number of rotatable bonds is 6. The maximum absolute atomic E-state index is 3.54. The molecule has 1 aromatic rings. The Balaban J connectivity index is 2.04. The summed E-state index contributed by atoms with van der Waals surface area (Å²) < 4.78 is 0. The van der Waals surface area contributed by atoms with Crippen LogP contribution in [0.3, 0.4) is 0 Å². The van der Waals surface area contributed by atoms with Crippen LogP contribution in [-0.2, 0) is 13.1 Å². The highest BCUT2D eigenvalue weighted by molar-refractivity contribution is 5.27. The van der Waals surface area contributed by atoms with E-state index >= 15 is 0 Å². The fourth-order valence-corrected chi connectivity index (χ4v) is 3.54. The van der Waals surface area contributed by atoms with Gasteiger partial charge in [-0.1, -0.05) is 45.0 Å². The van der Waals surface area contributed by atoms with Gasteiger partial charge in [0, 0.05) is 25.7 Å². The van der Waals surface area contributed by atoms with Gasteiger partial charge in [-0.3, -0.25) is 4.90 Å². The van der Waals surface area contributed by atoms with Crippen LogP contribution in [0.5, 0.6) is 0 Å².